The highest BCUT2D eigenvalue weighted by atomic mass is 35.5. The van der Waals surface area contributed by atoms with Crippen molar-refractivity contribution in [3.63, 3.8) is 0 Å². The number of amides is 4. The van der Waals surface area contributed by atoms with Gasteiger partial charge in [-0.05, 0) is 78.4 Å². The standard InChI is InChI=1S/C41H34ClFN6O10/c1-45(2)36-30(48(55)56)17-25(18-31(36)49(57)58)46-37(51)27-14-13-26-28(34(27)39(46)53)19-29-38(52)47(44-24-11-9-23(43)10-12-24)40(54)41(29,21-5-7-22(42)8-6-21)35(26)20-4-15-33(59-3)32(50)16-20/h4-13,15-18,27-29,34-35,44,50H,14,19H2,1-3H3/t27-,28+,29-,34-,35-,41+/m0/s1. The van der Waals surface area contributed by atoms with Gasteiger partial charge in [-0.2, -0.15) is 5.01 Å². The van der Waals surface area contributed by atoms with Gasteiger partial charge in [0.25, 0.3) is 11.8 Å². The molecule has 4 aromatic carbocycles. The molecule has 0 radical (unpaired) electrons. The van der Waals surface area contributed by atoms with Gasteiger partial charge in [0.1, 0.15) is 5.82 Å². The lowest BCUT2D eigenvalue weighted by Crippen LogP contribution is -2.53. The van der Waals surface area contributed by atoms with E-state index in [9.17, 15) is 44.1 Å². The Kier molecular flexibility index (Phi) is 9.37. The van der Waals surface area contributed by atoms with Gasteiger partial charge in [0.15, 0.2) is 17.2 Å². The van der Waals surface area contributed by atoms with Gasteiger partial charge < -0.3 is 14.7 Å². The number of halogens is 2. The molecule has 59 heavy (non-hydrogen) atoms. The fourth-order valence-electron chi connectivity index (χ4n) is 9.63. The van der Waals surface area contributed by atoms with Crippen LogP contribution in [0.15, 0.2) is 90.5 Å². The van der Waals surface area contributed by atoms with Crippen LogP contribution >= 0.6 is 11.6 Å². The van der Waals surface area contributed by atoms with Crippen molar-refractivity contribution in [2.75, 3.05) is 36.4 Å². The predicted octanol–water partition coefficient (Wildman–Crippen LogP) is 6.27. The normalized spacial score (nSPS) is 24.6. The van der Waals surface area contributed by atoms with E-state index in [4.69, 9.17) is 16.3 Å². The molecule has 4 amide bonds. The third-order valence-electron chi connectivity index (χ3n) is 11.9. The lowest BCUT2D eigenvalue weighted by Gasteiger charge is -2.50. The summed E-state index contributed by atoms with van der Waals surface area (Å²) in [6.45, 7) is 0. The van der Waals surface area contributed by atoms with Gasteiger partial charge in [0, 0.05) is 37.2 Å². The highest BCUT2D eigenvalue weighted by molar-refractivity contribution is 6.30. The minimum Gasteiger partial charge on any atom is -0.504 e. The van der Waals surface area contributed by atoms with Crippen LogP contribution in [0.3, 0.4) is 0 Å². The summed E-state index contributed by atoms with van der Waals surface area (Å²) in [7, 11) is 4.14. The zero-order chi connectivity index (χ0) is 42.2. The number of anilines is 3. The summed E-state index contributed by atoms with van der Waals surface area (Å²) < 4.78 is 19.2. The van der Waals surface area contributed by atoms with Crippen LogP contribution in [0.5, 0.6) is 11.5 Å². The molecule has 4 aliphatic rings. The van der Waals surface area contributed by atoms with Crippen LogP contribution in [0.4, 0.5) is 32.8 Å². The summed E-state index contributed by atoms with van der Waals surface area (Å²) >= 11 is 6.34. The molecule has 0 unspecified atom stereocenters. The number of hydrazine groups is 1. The molecule has 3 fully saturated rings. The van der Waals surface area contributed by atoms with E-state index in [2.05, 4.69) is 5.43 Å². The summed E-state index contributed by atoms with van der Waals surface area (Å²) in [5.41, 5.74) is 0.567. The van der Waals surface area contributed by atoms with Crippen LogP contribution in [0, 0.1) is 49.7 Å². The van der Waals surface area contributed by atoms with E-state index < -0.39 is 85.7 Å². The third kappa shape index (κ3) is 5.86. The number of nitrogens with one attached hydrogen (secondary N) is 1. The SMILES string of the molecule is COc1ccc([C@H]2C3=CC[C@@H]4C(=O)N(c5cc([N+](=O)[O-])c(N(C)C)c([N+](=O)[O-])c5)C(=O)[C@@H]4[C@@H]3C[C@H]3C(=O)N(Nc4ccc(F)cc4)C(=O)[C@@]23c2ccc(Cl)cc2)cc1O. The number of hydrogen-bond donors (Lipinski definition) is 2. The number of hydrogen-bond acceptors (Lipinski definition) is 12. The maximum absolute atomic E-state index is 15.3. The van der Waals surface area contributed by atoms with E-state index >= 15 is 4.79 Å². The molecule has 1 saturated carbocycles. The van der Waals surface area contributed by atoms with Crippen molar-refractivity contribution >= 4 is 63.7 Å². The van der Waals surface area contributed by atoms with Gasteiger partial charge in [-0.25, -0.2) is 9.29 Å². The molecule has 8 rings (SSSR count). The molecule has 4 aromatic rings. The summed E-state index contributed by atoms with van der Waals surface area (Å²) in [6, 6.07) is 17.9. The molecule has 16 nitrogen and oxygen atoms in total. The van der Waals surface area contributed by atoms with E-state index in [0.29, 0.717) is 21.7 Å². The fraction of sp³-hybridized carbons (Fsp3) is 0.268. The second-order valence-electron chi connectivity index (χ2n) is 15.1. The smallest absolute Gasteiger partial charge is 0.301 e. The number of rotatable bonds is 9. The Morgan fingerprint density at radius 3 is 2.12 bits per heavy atom. The van der Waals surface area contributed by atoms with Gasteiger partial charge in [0.2, 0.25) is 11.8 Å². The first-order valence-electron chi connectivity index (χ1n) is 18.4. The molecule has 2 saturated heterocycles. The van der Waals surface area contributed by atoms with Crippen molar-refractivity contribution in [2.24, 2.45) is 23.7 Å². The average molecular weight is 825 g/mol. The number of ether oxygens (including phenoxy) is 1. The van der Waals surface area contributed by atoms with Crippen molar-refractivity contribution in [1.82, 2.24) is 5.01 Å². The topological polar surface area (TPSA) is 206 Å². The number of phenolic OH excluding ortho intramolecular Hbond substituents is 1. The van der Waals surface area contributed by atoms with Crippen molar-refractivity contribution in [2.45, 2.75) is 24.2 Å². The van der Waals surface area contributed by atoms with Crippen molar-refractivity contribution in [1.29, 1.82) is 0 Å². The second-order valence-corrected chi connectivity index (χ2v) is 15.5. The lowest BCUT2D eigenvalue weighted by molar-refractivity contribution is -0.392. The molecule has 0 spiro atoms. The second kappa shape index (κ2) is 14.2. The minimum atomic E-state index is -1.74. The number of aromatic hydroxyl groups is 1. The van der Waals surface area contributed by atoms with E-state index in [-0.39, 0.29) is 41.4 Å². The Hall–Kier alpha value is -6.88. The number of nitro groups is 2. The zero-order valence-electron chi connectivity index (χ0n) is 31.5. The zero-order valence-corrected chi connectivity index (χ0v) is 32.3. The van der Waals surface area contributed by atoms with Crippen molar-refractivity contribution in [3.8, 4) is 11.5 Å². The number of nitro benzene ring substituents is 2. The molecule has 2 heterocycles. The molecule has 2 aliphatic heterocycles. The first kappa shape index (κ1) is 39.0. The Balaban J connectivity index is 1.31. The number of phenols is 1. The number of carbonyl (C=O) groups is 4. The highest BCUT2D eigenvalue weighted by Crippen LogP contribution is 2.64. The van der Waals surface area contributed by atoms with E-state index in [1.165, 1.54) is 50.4 Å². The first-order valence-corrected chi connectivity index (χ1v) is 18.7. The van der Waals surface area contributed by atoms with Crippen LogP contribution in [-0.4, -0.2) is 64.8 Å². The van der Waals surface area contributed by atoms with Gasteiger partial charge in [-0.1, -0.05) is 41.4 Å². The molecule has 2 aliphatic carbocycles. The number of allylic oxidation sites excluding steroid dienone is 2. The Labute approximate surface area is 339 Å². The van der Waals surface area contributed by atoms with E-state index in [1.807, 2.05) is 0 Å². The van der Waals surface area contributed by atoms with Gasteiger partial charge >= 0.3 is 11.4 Å². The fourth-order valence-corrected chi connectivity index (χ4v) is 9.75. The van der Waals surface area contributed by atoms with E-state index in [1.54, 1.807) is 36.4 Å². The molecular formula is C41H34ClFN6O10. The Morgan fingerprint density at radius 1 is 0.898 bits per heavy atom. The van der Waals surface area contributed by atoms with Gasteiger partial charge in [-0.15, -0.1) is 0 Å². The number of benzene rings is 4. The number of carbonyl (C=O) groups excluding carboxylic acids is 4. The molecule has 302 valence electrons. The van der Waals surface area contributed by atoms with Crippen molar-refractivity contribution < 1.29 is 43.3 Å². The van der Waals surface area contributed by atoms with Crippen LogP contribution in [-0.2, 0) is 24.6 Å². The van der Waals surface area contributed by atoms with Gasteiger partial charge in [0.05, 0.1) is 51.5 Å². The summed E-state index contributed by atoms with van der Waals surface area (Å²) in [5, 5.41) is 36.8. The highest BCUT2D eigenvalue weighted by Gasteiger charge is 2.70. The maximum atomic E-state index is 15.3. The largest absolute Gasteiger partial charge is 0.504 e. The molecule has 2 N–H and O–H groups in total. The van der Waals surface area contributed by atoms with Crippen LogP contribution < -0.4 is 20.0 Å². The monoisotopic (exact) mass is 824 g/mol. The number of methoxy groups -OCH3 is 1. The molecule has 18 heteroatoms. The lowest BCUT2D eigenvalue weighted by atomic mass is 9.49. The number of imide groups is 2. The summed E-state index contributed by atoms with van der Waals surface area (Å²) in [5.74, 6) is -8.93. The summed E-state index contributed by atoms with van der Waals surface area (Å²) in [6.07, 6.45) is 1.60. The quantitative estimate of drug-likeness (QED) is 0.0830. The van der Waals surface area contributed by atoms with Crippen LogP contribution in [0.1, 0.15) is 29.9 Å². The number of nitrogens with zero attached hydrogens (tertiary/aromatic N) is 5. The first-order chi connectivity index (χ1) is 28.1. The Morgan fingerprint density at radius 2 is 1.54 bits per heavy atom. The van der Waals surface area contributed by atoms with Gasteiger partial charge in [-0.3, -0.25) is 44.8 Å². The molecular weight excluding hydrogens is 791 g/mol. The van der Waals surface area contributed by atoms with Crippen molar-refractivity contribution in [3.05, 3.63) is 133 Å². The summed E-state index contributed by atoms with van der Waals surface area (Å²) in [4.78, 5) is 84.0. The van der Waals surface area contributed by atoms with Crippen LogP contribution in [0.25, 0.3) is 0 Å². The van der Waals surface area contributed by atoms with Crippen LogP contribution in [0.2, 0.25) is 5.02 Å². The third-order valence-corrected chi connectivity index (χ3v) is 12.2. The molecule has 0 aromatic heterocycles. The van der Waals surface area contributed by atoms with E-state index in [0.717, 1.165) is 34.2 Å². The Bertz CT molecular complexity index is 2500. The molecule has 0 bridgehead atoms. The minimum absolute atomic E-state index is 0.0305. The average Bonchev–Trinajstić information content (AvgIpc) is 3.58. The molecule has 6 atom stereocenters. The maximum Gasteiger partial charge on any atom is 0.301 e. The number of fused-ring (bicyclic) bond motifs is 4. The predicted molar refractivity (Wildman–Crippen MR) is 210 cm³/mol.